The Labute approximate surface area is 131 Å². The molecule has 2 rings (SSSR count). The van der Waals surface area contributed by atoms with E-state index in [-0.39, 0.29) is 11.9 Å². The van der Waals surface area contributed by atoms with Gasteiger partial charge in [0.05, 0.1) is 17.9 Å². The highest BCUT2D eigenvalue weighted by atomic mass is 16.2. The largest absolute Gasteiger partial charge is 0.349 e. The molecule has 0 saturated heterocycles. The summed E-state index contributed by atoms with van der Waals surface area (Å²) in [7, 11) is 5.72. The topological polar surface area (TPSA) is 50.2 Å². The van der Waals surface area contributed by atoms with Gasteiger partial charge in [-0.05, 0) is 39.6 Å². The van der Waals surface area contributed by atoms with E-state index in [9.17, 15) is 4.79 Å². The molecule has 1 atom stereocenters. The average Bonchev–Trinajstić information content (AvgIpc) is 2.77. The SMILES string of the molecule is Cc1ccc(C(C(=O)NCc2cc(C)nn2C)N(C)C)cc1. The molecule has 22 heavy (non-hydrogen) atoms. The molecule has 1 N–H and O–H groups in total. The summed E-state index contributed by atoms with van der Waals surface area (Å²) in [6, 6.07) is 9.76. The highest BCUT2D eigenvalue weighted by Crippen LogP contribution is 2.19. The molecule has 0 fully saturated rings. The van der Waals surface area contributed by atoms with E-state index < -0.39 is 0 Å². The van der Waals surface area contributed by atoms with Crippen LogP contribution >= 0.6 is 0 Å². The van der Waals surface area contributed by atoms with E-state index in [0.29, 0.717) is 6.54 Å². The minimum absolute atomic E-state index is 0.00675. The molecule has 5 nitrogen and oxygen atoms in total. The predicted octanol–water partition coefficient (Wildman–Crippen LogP) is 1.96. The Hall–Kier alpha value is -2.14. The Morgan fingerprint density at radius 3 is 2.41 bits per heavy atom. The summed E-state index contributed by atoms with van der Waals surface area (Å²) in [6.07, 6.45) is 0. The van der Waals surface area contributed by atoms with Crippen molar-refractivity contribution in [3.63, 3.8) is 0 Å². The minimum atomic E-state index is -0.296. The number of rotatable bonds is 5. The summed E-state index contributed by atoms with van der Waals surface area (Å²) in [5, 5.41) is 7.30. The fourth-order valence-electron chi connectivity index (χ4n) is 2.54. The molecule has 0 saturated carbocycles. The number of hydrogen-bond acceptors (Lipinski definition) is 3. The third-order valence-electron chi connectivity index (χ3n) is 3.70. The van der Waals surface area contributed by atoms with Crippen LogP contribution in [0.25, 0.3) is 0 Å². The summed E-state index contributed by atoms with van der Waals surface area (Å²) in [6.45, 7) is 4.46. The van der Waals surface area contributed by atoms with E-state index in [0.717, 1.165) is 17.0 Å². The summed E-state index contributed by atoms with van der Waals surface area (Å²) in [4.78, 5) is 14.5. The standard InChI is InChI=1S/C17H24N4O/c1-12-6-8-14(9-7-12)16(20(3)4)17(22)18-11-15-10-13(2)19-21(15)5/h6-10,16H,11H2,1-5H3,(H,18,22). The molecule has 1 aromatic heterocycles. The first-order chi connectivity index (χ1) is 10.4. The molecule has 2 aromatic rings. The molecule has 1 heterocycles. The maximum absolute atomic E-state index is 12.6. The minimum Gasteiger partial charge on any atom is -0.349 e. The molecule has 0 aliphatic carbocycles. The van der Waals surface area contributed by atoms with E-state index in [1.54, 1.807) is 4.68 Å². The van der Waals surface area contributed by atoms with Gasteiger partial charge in [0.15, 0.2) is 0 Å². The summed E-state index contributed by atoms with van der Waals surface area (Å²) >= 11 is 0. The van der Waals surface area contributed by atoms with E-state index in [2.05, 4.69) is 10.4 Å². The van der Waals surface area contributed by atoms with Crippen molar-refractivity contribution in [1.82, 2.24) is 20.0 Å². The lowest BCUT2D eigenvalue weighted by molar-refractivity contribution is -0.126. The fraction of sp³-hybridized carbons (Fsp3) is 0.412. The molecule has 0 aliphatic heterocycles. The second-order valence-corrected chi connectivity index (χ2v) is 5.90. The monoisotopic (exact) mass is 300 g/mol. The van der Waals surface area contributed by atoms with Gasteiger partial charge in [-0.1, -0.05) is 29.8 Å². The Balaban J connectivity index is 2.10. The van der Waals surface area contributed by atoms with Gasteiger partial charge in [0, 0.05) is 7.05 Å². The van der Waals surface area contributed by atoms with Crippen LogP contribution in [-0.2, 0) is 18.4 Å². The predicted molar refractivity (Wildman–Crippen MR) is 87.4 cm³/mol. The molecular weight excluding hydrogens is 276 g/mol. The molecule has 1 unspecified atom stereocenters. The van der Waals surface area contributed by atoms with Gasteiger partial charge in [-0.2, -0.15) is 5.10 Å². The number of nitrogens with zero attached hydrogens (tertiary/aromatic N) is 3. The highest BCUT2D eigenvalue weighted by molar-refractivity contribution is 5.83. The third-order valence-corrected chi connectivity index (χ3v) is 3.70. The van der Waals surface area contributed by atoms with Gasteiger partial charge in [-0.3, -0.25) is 14.4 Å². The molecule has 0 spiro atoms. The normalized spacial score (nSPS) is 12.5. The molecule has 0 bridgehead atoms. The molecule has 0 radical (unpaired) electrons. The molecule has 118 valence electrons. The fourth-order valence-corrected chi connectivity index (χ4v) is 2.54. The van der Waals surface area contributed by atoms with Crippen molar-refractivity contribution in [2.45, 2.75) is 26.4 Å². The van der Waals surface area contributed by atoms with Gasteiger partial charge in [-0.25, -0.2) is 0 Å². The van der Waals surface area contributed by atoms with Crippen LogP contribution in [0.3, 0.4) is 0 Å². The van der Waals surface area contributed by atoms with Crippen LogP contribution < -0.4 is 5.32 Å². The maximum Gasteiger partial charge on any atom is 0.242 e. The van der Waals surface area contributed by atoms with Crippen molar-refractivity contribution in [3.8, 4) is 0 Å². The zero-order valence-electron chi connectivity index (χ0n) is 13.9. The quantitative estimate of drug-likeness (QED) is 0.918. The average molecular weight is 300 g/mol. The molecule has 1 aromatic carbocycles. The van der Waals surface area contributed by atoms with Crippen LogP contribution in [0.4, 0.5) is 0 Å². The number of amides is 1. The first kappa shape index (κ1) is 16.2. The first-order valence-corrected chi connectivity index (χ1v) is 7.38. The number of likely N-dealkylation sites (N-methyl/N-ethyl adjacent to an activating group) is 1. The van der Waals surface area contributed by atoms with Gasteiger partial charge < -0.3 is 5.32 Å². The van der Waals surface area contributed by atoms with Crippen molar-refractivity contribution in [2.24, 2.45) is 7.05 Å². The Bertz CT molecular complexity index is 643. The maximum atomic E-state index is 12.6. The van der Waals surface area contributed by atoms with Crippen LogP contribution in [0.2, 0.25) is 0 Å². The van der Waals surface area contributed by atoms with Gasteiger partial charge in [0.1, 0.15) is 6.04 Å². The summed E-state index contributed by atoms with van der Waals surface area (Å²) in [5.41, 5.74) is 4.13. The lowest BCUT2D eigenvalue weighted by Gasteiger charge is -2.24. The molecule has 0 aliphatic rings. The zero-order valence-corrected chi connectivity index (χ0v) is 13.9. The van der Waals surface area contributed by atoms with Crippen LogP contribution in [0, 0.1) is 13.8 Å². The first-order valence-electron chi connectivity index (χ1n) is 7.38. The summed E-state index contributed by atoms with van der Waals surface area (Å²) in [5.74, 6) is -0.00675. The van der Waals surface area contributed by atoms with Gasteiger partial charge in [-0.15, -0.1) is 0 Å². The Morgan fingerprint density at radius 1 is 1.27 bits per heavy atom. The second kappa shape index (κ2) is 6.75. The number of aryl methyl sites for hydroxylation is 3. The lowest BCUT2D eigenvalue weighted by atomic mass is 10.0. The van der Waals surface area contributed by atoms with Crippen LogP contribution in [0.5, 0.6) is 0 Å². The van der Waals surface area contributed by atoms with Crippen molar-refractivity contribution in [3.05, 3.63) is 52.8 Å². The van der Waals surface area contributed by atoms with Crippen molar-refractivity contribution < 1.29 is 4.79 Å². The van der Waals surface area contributed by atoms with E-state index in [4.69, 9.17) is 0 Å². The lowest BCUT2D eigenvalue weighted by Crippen LogP contribution is -2.37. The highest BCUT2D eigenvalue weighted by Gasteiger charge is 2.22. The second-order valence-electron chi connectivity index (χ2n) is 5.90. The van der Waals surface area contributed by atoms with Crippen molar-refractivity contribution >= 4 is 5.91 Å². The zero-order chi connectivity index (χ0) is 16.3. The van der Waals surface area contributed by atoms with E-state index >= 15 is 0 Å². The third kappa shape index (κ3) is 3.74. The summed E-state index contributed by atoms with van der Waals surface area (Å²) < 4.78 is 1.80. The number of hydrogen-bond donors (Lipinski definition) is 1. The number of carbonyl (C=O) groups is 1. The molecular formula is C17H24N4O. The smallest absolute Gasteiger partial charge is 0.242 e. The van der Waals surface area contributed by atoms with Crippen molar-refractivity contribution in [2.75, 3.05) is 14.1 Å². The van der Waals surface area contributed by atoms with Crippen molar-refractivity contribution in [1.29, 1.82) is 0 Å². The van der Waals surface area contributed by atoms with Gasteiger partial charge in [0.25, 0.3) is 0 Å². The number of benzene rings is 1. The van der Waals surface area contributed by atoms with E-state index in [1.165, 1.54) is 5.56 Å². The number of carbonyl (C=O) groups excluding carboxylic acids is 1. The van der Waals surface area contributed by atoms with E-state index in [1.807, 2.05) is 70.2 Å². The molecule has 1 amide bonds. The van der Waals surface area contributed by atoms with Gasteiger partial charge in [0.2, 0.25) is 5.91 Å². The van der Waals surface area contributed by atoms with Crippen LogP contribution in [0.15, 0.2) is 30.3 Å². The van der Waals surface area contributed by atoms with Crippen LogP contribution in [-0.4, -0.2) is 34.7 Å². The number of nitrogens with one attached hydrogen (secondary N) is 1. The van der Waals surface area contributed by atoms with Gasteiger partial charge >= 0.3 is 0 Å². The number of aromatic nitrogens is 2. The molecule has 5 heteroatoms. The Morgan fingerprint density at radius 2 is 1.91 bits per heavy atom. The Kier molecular flexibility index (Phi) is 4.98. The van der Waals surface area contributed by atoms with Crippen LogP contribution in [0.1, 0.15) is 28.6 Å².